The molecule has 1 aliphatic rings. The zero-order chi connectivity index (χ0) is 28.4. The molecular weight excluding hydrogens is 532 g/mol. The number of ether oxygens (including phenoxy) is 2. The third-order valence-electron chi connectivity index (χ3n) is 6.17. The van der Waals surface area contributed by atoms with Crippen molar-refractivity contribution in [2.75, 3.05) is 30.3 Å². The molecule has 1 aliphatic heterocycles. The van der Waals surface area contributed by atoms with E-state index in [1.807, 2.05) is 30.3 Å². The smallest absolute Gasteiger partial charge is 0.271 e. The zero-order valence-electron chi connectivity index (χ0n) is 22.2. The van der Waals surface area contributed by atoms with Gasteiger partial charge in [-0.05, 0) is 72.5 Å². The maximum absolute atomic E-state index is 12.5. The van der Waals surface area contributed by atoms with Crippen LogP contribution < -0.4 is 19.8 Å². The first kappa shape index (κ1) is 28.8. The number of hydrogen-bond donors (Lipinski definition) is 2. The van der Waals surface area contributed by atoms with Crippen molar-refractivity contribution in [2.24, 2.45) is 5.10 Å². The zero-order valence-corrected chi connectivity index (χ0v) is 23.0. The Morgan fingerprint density at radius 3 is 2.42 bits per heavy atom. The van der Waals surface area contributed by atoms with Gasteiger partial charge < -0.3 is 14.8 Å². The number of sulfonamides is 1. The monoisotopic (exact) mass is 564 g/mol. The van der Waals surface area contributed by atoms with Crippen LogP contribution in [-0.2, 0) is 26.1 Å². The van der Waals surface area contributed by atoms with Gasteiger partial charge in [-0.15, -0.1) is 0 Å². The summed E-state index contributed by atoms with van der Waals surface area (Å²) in [5, 5.41) is 6.79. The number of hydrazone groups is 1. The van der Waals surface area contributed by atoms with E-state index in [0.717, 1.165) is 36.8 Å². The van der Waals surface area contributed by atoms with Gasteiger partial charge in [0.1, 0.15) is 5.75 Å². The molecule has 0 saturated carbocycles. The van der Waals surface area contributed by atoms with Gasteiger partial charge in [-0.2, -0.15) is 5.10 Å². The highest BCUT2D eigenvalue weighted by atomic mass is 32.2. The molecule has 1 atom stereocenters. The Labute approximate surface area is 234 Å². The van der Waals surface area contributed by atoms with Crippen LogP contribution in [0.4, 0.5) is 5.69 Å². The van der Waals surface area contributed by atoms with Crippen LogP contribution in [0.3, 0.4) is 0 Å². The number of carbonyl (C=O) groups is 2. The normalized spacial score (nSPS) is 15.1. The van der Waals surface area contributed by atoms with Crippen LogP contribution in [0, 0.1) is 0 Å². The SMILES string of the molecule is CS(=O)(=O)N(Cc1ccccc1)c1ccc(C(=O)N/N=C\c2ccc(OCC(=O)NC[C@H]3CCCO3)cc2)cc1. The van der Waals surface area contributed by atoms with Crippen molar-refractivity contribution in [3.63, 3.8) is 0 Å². The Bertz CT molecular complexity index is 1410. The molecule has 210 valence electrons. The Hall–Kier alpha value is -4.22. The lowest BCUT2D eigenvalue weighted by atomic mass is 10.2. The molecule has 1 saturated heterocycles. The van der Waals surface area contributed by atoms with Gasteiger partial charge in [0.2, 0.25) is 10.0 Å². The van der Waals surface area contributed by atoms with Gasteiger partial charge in [-0.3, -0.25) is 13.9 Å². The van der Waals surface area contributed by atoms with E-state index in [9.17, 15) is 18.0 Å². The van der Waals surface area contributed by atoms with Crippen LogP contribution >= 0.6 is 0 Å². The molecule has 0 radical (unpaired) electrons. The highest BCUT2D eigenvalue weighted by Gasteiger charge is 2.19. The molecule has 11 heteroatoms. The van der Waals surface area contributed by atoms with E-state index in [-0.39, 0.29) is 25.2 Å². The second-order valence-corrected chi connectivity index (χ2v) is 11.2. The van der Waals surface area contributed by atoms with Gasteiger partial charge in [0, 0.05) is 18.7 Å². The molecule has 0 aromatic heterocycles. The number of nitrogens with zero attached hydrogens (tertiary/aromatic N) is 2. The third kappa shape index (κ3) is 8.65. The number of anilines is 1. The minimum absolute atomic E-state index is 0.0811. The topological polar surface area (TPSA) is 126 Å². The van der Waals surface area contributed by atoms with Crippen LogP contribution in [0.25, 0.3) is 0 Å². The van der Waals surface area contributed by atoms with E-state index in [1.165, 1.54) is 10.5 Å². The summed E-state index contributed by atoms with van der Waals surface area (Å²) in [5.41, 5.74) is 4.81. The average molecular weight is 565 g/mol. The van der Waals surface area contributed by atoms with Crippen LogP contribution in [-0.4, -0.2) is 58.6 Å². The summed E-state index contributed by atoms with van der Waals surface area (Å²) in [5.74, 6) is -0.119. The largest absolute Gasteiger partial charge is 0.484 e. The Morgan fingerprint density at radius 1 is 1.05 bits per heavy atom. The van der Waals surface area contributed by atoms with E-state index in [2.05, 4.69) is 15.8 Å². The van der Waals surface area contributed by atoms with Crippen molar-refractivity contribution in [3.05, 3.63) is 95.6 Å². The summed E-state index contributed by atoms with van der Waals surface area (Å²) in [4.78, 5) is 24.5. The molecule has 1 heterocycles. The molecule has 0 bridgehead atoms. The molecular formula is C29H32N4O6S. The van der Waals surface area contributed by atoms with Gasteiger partial charge in [0.05, 0.1) is 30.8 Å². The molecule has 0 spiro atoms. The summed E-state index contributed by atoms with van der Waals surface area (Å²) in [6.07, 6.45) is 4.68. The molecule has 0 aliphatic carbocycles. The van der Waals surface area contributed by atoms with E-state index >= 15 is 0 Å². The van der Waals surface area contributed by atoms with Gasteiger partial charge in [-0.25, -0.2) is 13.8 Å². The summed E-state index contributed by atoms with van der Waals surface area (Å²) in [6.45, 7) is 1.32. The maximum atomic E-state index is 12.5. The van der Waals surface area contributed by atoms with Crippen molar-refractivity contribution < 1.29 is 27.5 Å². The van der Waals surface area contributed by atoms with E-state index in [0.29, 0.717) is 23.5 Å². The van der Waals surface area contributed by atoms with Gasteiger partial charge in [0.25, 0.3) is 11.8 Å². The second-order valence-electron chi connectivity index (χ2n) is 9.30. The molecule has 2 N–H and O–H groups in total. The minimum atomic E-state index is -3.54. The van der Waals surface area contributed by atoms with Crippen LogP contribution in [0.5, 0.6) is 5.75 Å². The van der Waals surface area contributed by atoms with E-state index < -0.39 is 15.9 Å². The molecule has 4 rings (SSSR count). The van der Waals surface area contributed by atoms with Crippen molar-refractivity contribution in [1.82, 2.24) is 10.7 Å². The van der Waals surface area contributed by atoms with Gasteiger partial charge in [0.15, 0.2) is 6.61 Å². The maximum Gasteiger partial charge on any atom is 0.271 e. The number of hydrogen-bond acceptors (Lipinski definition) is 7. The lowest BCUT2D eigenvalue weighted by molar-refractivity contribution is -0.123. The van der Waals surface area contributed by atoms with Gasteiger partial charge >= 0.3 is 0 Å². The number of benzene rings is 3. The fourth-order valence-electron chi connectivity index (χ4n) is 4.04. The Kier molecular flexibility index (Phi) is 9.87. The summed E-state index contributed by atoms with van der Waals surface area (Å²) >= 11 is 0. The fraction of sp³-hybridized carbons (Fsp3) is 0.276. The first-order valence-corrected chi connectivity index (χ1v) is 14.7. The van der Waals surface area contributed by atoms with Crippen LogP contribution in [0.2, 0.25) is 0 Å². The molecule has 1 fully saturated rings. The quantitative estimate of drug-likeness (QED) is 0.257. The molecule has 0 unspecified atom stereocenters. The lowest BCUT2D eigenvalue weighted by Crippen LogP contribution is -2.35. The average Bonchev–Trinajstić information content (AvgIpc) is 3.48. The van der Waals surface area contributed by atoms with Crippen molar-refractivity contribution in [2.45, 2.75) is 25.5 Å². The summed E-state index contributed by atoms with van der Waals surface area (Å²) in [7, 11) is -3.54. The highest BCUT2D eigenvalue weighted by Crippen LogP contribution is 2.21. The number of rotatable bonds is 12. The standard InChI is InChI=1S/C29H32N4O6S/c1-40(36,37)33(20-23-6-3-2-4-7-23)25-13-11-24(12-14-25)29(35)32-31-18-22-9-15-26(16-10-22)39-21-28(34)30-19-27-8-5-17-38-27/h2-4,6-7,9-16,18,27H,5,8,17,19-21H2,1H3,(H,30,34)(H,32,35)/b31-18-/t27-/m1/s1. The van der Waals surface area contributed by atoms with Crippen LogP contribution in [0.1, 0.15) is 34.3 Å². The molecule has 3 aromatic carbocycles. The Balaban J connectivity index is 1.25. The second kappa shape index (κ2) is 13.7. The molecule has 40 heavy (non-hydrogen) atoms. The molecule has 10 nitrogen and oxygen atoms in total. The summed E-state index contributed by atoms with van der Waals surface area (Å²) in [6, 6.07) is 22.4. The van der Waals surface area contributed by atoms with Crippen molar-refractivity contribution >= 4 is 33.7 Å². The van der Waals surface area contributed by atoms with E-state index in [1.54, 1.807) is 48.5 Å². The lowest BCUT2D eigenvalue weighted by Gasteiger charge is -2.22. The Morgan fingerprint density at radius 2 is 1.77 bits per heavy atom. The van der Waals surface area contributed by atoms with E-state index in [4.69, 9.17) is 9.47 Å². The molecule has 3 aromatic rings. The predicted octanol–water partition coefficient (Wildman–Crippen LogP) is 3.09. The third-order valence-corrected chi connectivity index (χ3v) is 7.31. The number of carbonyl (C=O) groups excluding carboxylic acids is 2. The predicted molar refractivity (Wildman–Crippen MR) is 153 cm³/mol. The van der Waals surface area contributed by atoms with Crippen molar-refractivity contribution in [3.8, 4) is 5.75 Å². The number of nitrogens with one attached hydrogen (secondary N) is 2. The minimum Gasteiger partial charge on any atom is -0.484 e. The first-order chi connectivity index (χ1) is 19.3. The number of amides is 2. The molecule has 2 amide bonds. The first-order valence-electron chi connectivity index (χ1n) is 12.8. The summed E-state index contributed by atoms with van der Waals surface area (Å²) < 4.78 is 37.0. The van der Waals surface area contributed by atoms with Gasteiger partial charge in [-0.1, -0.05) is 30.3 Å². The van der Waals surface area contributed by atoms with Crippen LogP contribution in [0.15, 0.2) is 84.0 Å². The highest BCUT2D eigenvalue weighted by molar-refractivity contribution is 7.92. The van der Waals surface area contributed by atoms with Crippen molar-refractivity contribution in [1.29, 1.82) is 0 Å². The fourth-order valence-corrected chi connectivity index (χ4v) is 4.93.